The number of rotatable bonds is 5. The van der Waals surface area contributed by atoms with E-state index in [9.17, 15) is 22.8 Å². The van der Waals surface area contributed by atoms with Crippen LogP contribution in [0.5, 0.6) is 0 Å². The van der Waals surface area contributed by atoms with Crippen LogP contribution < -0.4 is 5.32 Å². The minimum atomic E-state index is -4.65. The fourth-order valence-electron chi connectivity index (χ4n) is 1.99. The quantitative estimate of drug-likeness (QED) is 0.849. The number of halogens is 3. The summed E-state index contributed by atoms with van der Waals surface area (Å²) in [6, 6.07) is 3.44. The Morgan fingerprint density at radius 1 is 1.23 bits per heavy atom. The molecule has 1 rings (SSSR count). The van der Waals surface area contributed by atoms with Gasteiger partial charge in [-0.05, 0) is 24.5 Å². The van der Waals surface area contributed by atoms with Crippen molar-refractivity contribution in [3.63, 3.8) is 0 Å². The van der Waals surface area contributed by atoms with Gasteiger partial charge >= 0.3 is 12.1 Å². The van der Waals surface area contributed by atoms with E-state index in [1.54, 1.807) is 0 Å². The highest BCUT2D eigenvalue weighted by molar-refractivity contribution is 5.98. The van der Waals surface area contributed by atoms with Crippen molar-refractivity contribution in [2.45, 2.75) is 32.5 Å². The monoisotopic (exact) mass is 317 g/mol. The van der Waals surface area contributed by atoms with Gasteiger partial charge in [0.2, 0.25) is 0 Å². The lowest BCUT2D eigenvalue weighted by atomic mass is 10.0. The van der Waals surface area contributed by atoms with E-state index < -0.39 is 35.2 Å². The number of carbonyl (C=O) groups is 2. The minimum Gasteiger partial charge on any atom is -0.467 e. The summed E-state index contributed by atoms with van der Waals surface area (Å²) in [5, 5.41) is 2.31. The molecule has 0 aliphatic carbocycles. The van der Waals surface area contributed by atoms with Gasteiger partial charge in [0, 0.05) is 0 Å². The number of hydrogen-bond acceptors (Lipinski definition) is 3. The van der Waals surface area contributed by atoms with E-state index in [-0.39, 0.29) is 12.3 Å². The third kappa shape index (κ3) is 4.75. The summed E-state index contributed by atoms with van der Waals surface area (Å²) in [4.78, 5) is 23.7. The summed E-state index contributed by atoms with van der Waals surface area (Å²) in [5.74, 6) is -1.59. The summed E-state index contributed by atoms with van der Waals surface area (Å²) in [5.41, 5.74) is -1.56. The number of esters is 1. The van der Waals surface area contributed by atoms with Crippen molar-refractivity contribution in [1.82, 2.24) is 5.32 Å². The second-order valence-electron chi connectivity index (χ2n) is 5.22. The van der Waals surface area contributed by atoms with Crippen molar-refractivity contribution >= 4 is 11.9 Å². The highest BCUT2D eigenvalue weighted by Gasteiger charge is 2.35. The summed E-state index contributed by atoms with van der Waals surface area (Å²) in [6.07, 6.45) is -4.38. The van der Waals surface area contributed by atoms with Gasteiger partial charge in [-0.1, -0.05) is 26.0 Å². The number of ether oxygens (including phenoxy) is 1. The second-order valence-corrected chi connectivity index (χ2v) is 5.22. The van der Waals surface area contributed by atoms with Crippen LogP contribution in [0.25, 0.3) is 0 Å². The maximum Gasteiger partial charge on any atom is 0.417 e. The lowest BCUT2D eigenvalue weighted by molar-refractivity contribution is -0.143. The molecule has 1 aromatic carbocycles. The summed E-state index contributed by atoms with van der Waals surface area (Å²) in [7, 11) is 1.16. The summed E-state index contributed by atoms with van der Waals surface area (Å²) in [6.45, 7) is 3.65. The molecule has 0 spiro atoms. The van der Waals surface area contributed by atoms with E-state index in [1.807, 2.05) is 13.8 Å². The molecule has 22 heavy (non-hydrogen) atoms. The molecule has 0 aliphatic heterocycles. The van der Waals surface area contributed by atoms with Gasteiger partial charge in [-0.3, -0.25) is 4.79 Å². The fraction of sp³-hybridized carbons (Fsp3) is 0.467. The van der Waals surface area contributed by atoms with Crippen molar-refractivity contribution in [1.29, 1.82) is 0 Å². The molecule has 0 saturated heterocycles. The van der Waals surface area contributed by atoms with Crippen LogP contribution in [-0.4, -0.2) is 25.0 Å². The molecule has 1 unspecified atom stereocenters. The van der Waals surface area contributed by atoms with E-state index in [2.05, 4.69) is 10.1 Å². The van der Waals surface area contributed by atoms with Crippen molar-refractivity contribution in [2.24, 2.45) is 5.92 Å². The highest BCUT2D eigenvalue weighted by Crippen LogP contribution is 2.31. The largest absolute Gasteiger partial charge is 0.467 e. The van der Waals surface area contributed by atoms with Crippen molar-refractivity contribution in [3.8, 4) is 0 Å². The molecule has 0 heterocycles. The van der Waals surface area contributed by atoms with Gasteiger partial charge in [0.1, 0.15) is 6.04 Å². The number of methoxy groups -OCH3 is 1. The first kappa shape index (κ1) is 18.0. The molecule has 4 nitrogen and oxygen atoms in total. The predicted molar refractivity (Wildman–Crippen MR) is 74.2 cm³/mol. The molecule has 0 bridgehead atoms. The van der Waals surface area contributed by atoms with Crippen LogP contribution in [0.15, 0.2) is 24.3 Å². The normalized spacial score (nSPS) is 12.9. The first-order valence-corrected chi connectivity index (χ1v) is 6.71. The molecule has 0 radical (unpaired) electrons. The Morgan fingerprint density at radius 2 is 1.82 bits per heavy atom. The van der Waals surface area contributed by atoms with Crippen LogP contribution in [0.3, 0.4) is 0 Å². The van der Waals surface area contributed by atoms with E-state index in [4.69, 9.17) is 0 Å². The van der Waals surface area contributed by atoms with Gasteiger partial charge < -0.3 is 10.1 Å². The summed E-state index contributed by atoms with van der Waals surface area (Å²) < 4.78 is 43.3. The maximum absolute atomic E-state index is 12.9. The zero-order chi connectivity index (χ0) is 16.9. The average molecular weight is 317 g/mol. The number of hydrogen-bond donors (Lipinski definition) is 1. The molecule has 1 aromatic rings. The SMILES string of the molecule is COC(=O)C(CC(C)C)NC(=O)c1ccccc1C(F)(F)F. The van der Waals surface area contributed by atoms with Gasteiger partial charge in [0.25, 0.3) is 5.91 Å². The molecule has 1 N–H and O–H groups in total. The maximum atomic E-state index is 12.9. The van der Waals surface area contributed by atoms with Gasteiger partial charge in [-0.15, -0.1) is 0 Å². The Balaban J connectivity index is 3.03. The molecule has 122 valence electrons. The minimum absolute atomic E-state index is 0.0576. The van der Waals surface area contributed by atoms with E-state index in [0.717, 1.165) is 19.2 Å². The second kappa shape index (κ2) is 7.29. The Morgan fingerprint density at radius 3 is 2.32 bits per heavy atom. The molecule has 7 heteroatoms. The number of alkyl halides is 3. The third-order valence-corrected chi connectivity index (χ3v) is 2.98. The Labute approximate surface area is 126 Å². The zero-order valence-electron chi connectivity index (χ0n) is 12.5. The molecule has 0 aliphatic rings. The van der Waals surface area contributed by atoms with Crippen LogP contribution in [0.1, 0.15) is 36.2 Å². The van der Waals surface area contributed by atoms with Gasteiger partial charge in [-0.2, -0.15) is 13.2 Å². The summed E-state index contributed by atoms with van der Waals surface area (Å²) >= 11 is 0. The van der Waals surface area contributed by atoms with Crippen LogP contribution in [0.4, 0.5) is 13.2 Å². The first-order chi connectivity index (χ1) is 10.2. The lowest BCUT2D eigenvalue weighted by Gasteiger charge is -2.19. The van der Waals surface area contributed by atoms with Crippen LogP contribution in [-0.2, 0) is 15.7 Å². The van der Waals surface area contributed by atoms with Crippen LogP contribution in [0, 0.1) is 5.92 Å². The van der Waals surface area contributed by atoms with Crippen molar-refractivity contribution in [3.05, 3.63) is 35.4 Å². The predicted octanol–water partition coefficient (Wildman–Crippen LogP) is 3.02. The van der Waals surface area contributed by atoms with Crippen LogP contribution in [0.2, 0.25) is 0 Å². The number of nitrogens with one attached hydrogen (secondary N) is 1. The molecule has 1 atom stereocenters. The topological polar surface area (TPSA) is 55.4 Å². The first-order valence-electron chi connectivity index (χ1n) is 6.71. The highest BCUT2D eigenvalue weighted by atomic mass is 19.4. The Bertz CT molecular complexity index is 541. The Hall–Kier alpha value is -2.05. The van der Waals surface area contributed by atoms with Crippen molar-refractivity contribution in [2.75, 3.05) is 7.11 Å². The van der Waals surface area contributed by atoms with Crippen molar-refractivity contribution < 1.29 is 27.5 Å². The van der Waals surface area contributed by atoms with E-state index in [0.29, 0.717) is 0 Å². The third-order valence-electron chi connectivity index (χ3n) is 2.98. The smallest absolute Gasteiger partial charge is 0.417 e. The number of carbonyl (C=O) groups excluding carboxylic acids is 2. The van der Waals surface area contributed by atoms with Crippen LogP contribution >= 0.6 is 0 Å². The molecular formula is C15H18F3NO3. The van der Waals surface area contributed by atoms with Gasteiger partial charge in [0.05, 0.1) is 18.2 Å². The van der Waals surface area contributed by atoms with E-state index in [1.165, 1.54) is 12.1 Å². The Kier molecular flexibility index (Phi) is 5.96. The average Bonchev–Trinajstić information content (AvgIpc) is 2.44. The standard InChI is InChI=1S/C15H18F3NO3/c1-9(2)8-12(14(21)22-3)19-13(20)10-6-4-5-7-11(10)15(16,17)18/h4-7,9,12H,8H2,1-3H3,(H,19,20). The number of benzene rings is 1. The molecular weight excluding hydrogens is 299 g/mol. The van der Waals surface area contributed by atoms with Gasteiger partial charge in [-0.25, -0.2) is 4.79 Å². The molecule has 0 aromatic heterocycles. The van der Waals surface area contributed by atoms with Gasteiger partial charge in [0.15, 0.2) is 0 Å². The molecule has 0 saturated carbocycles. The zero-order valence-corrected chi connectivity index (χ0v) is 12.5. The number of amides is 1. The lowest BCUT2D eigenvalue weighted by Crippen LogP contribution is -2.42. The molecule has 1 amide bonds. The molecule has 0 fully saturated rings. The van der Waals surface area contributed by atoms with E-state index >= 15 is 0 Å². The fourth-order valence-corrected chi connectivity index (χ4v) is 1.99.